The molecule has 1 unspecified atom stereocenters. The van der Waals surface area contributed by atoms with E-state index in [9.17, 15) is 14.4 Å². The second kappa shape index (κ2) is 10.6. The second-order valence-electron chi connectivity index (χ2n) is 6.99. The maximum Gasteiger partial charge on any atom is 0.294 e. The Morgan fingerprint density at radius 2 is 1.70 bits per heavy atom. The average Bonchev–Trinajstić information content (AvgIpc) is 2.79. The lowest BCUT2D eigenvalue weighted by Crippen LogP contribution is -2.48. The summed E-state index contributed by atoms with van der Waals surface area (Å²) in [6.45, 7) is 5.63. The first-order valence-electron chi connectivity index (χ1n) is 10.1. The van der Waals surface area contributed by atoms with E-state index >= 15 is 0 Å². The standard InChI is InChI=1S/C23H23ClN4O5/c1-4-32-18-9-11-19(12-10-18)33-15(3)22(30)25-26-23(31)21-20(29)13-14(2)28(27-21)17-7-5-16(24)6-8-17/h5-13,15H,4H2,1-3H3,(H,25,30)(H,26,31). The number of hydrogen-bond donors (Lipinski definition) is 2. The topological polar surface area (TPSA) is 112 Å². The molecule has 0 spiro atoms. The summed E-state index contributed by atoms with van der Waals surface area (Å²) in [5, 5.41) is 4.68. The number of carbonyl (C=O) groups excluding carboxylic acids is 2. The Balaban J connectivity index is 1.64. The van der Waals surface area contributed by atoms with Gasteiger partial charge in [-0.3, -0.25) is 25.2 Å². The summed E-state index contributed by atoms with van der Waals surface area (Å²) in [4.78, 5) is 37.1. The largest absolute Gasteiger partial charge is 0.494 e. The third-order valence-electron chi connectivity index (χ3n) is 4.51. The third-order valence-corrected chi connectivity index (χ3v) is 4.76. The number of rotatable bonds is 7. The molecule has 172 valence electrons. The molecule has 0 aliphatic heterocycles. The SMILES string of the molecule is CCOc1ccc(OC(C)C(=O)NNC(=O)c2nn(-c3ccc(Cl)cc3)c(C)cc2=O)cc1. The third kappa shape index (κ3) is 6.11. The number of nitrogens with zero attached hydrogens (tertiary/aromatic N) is 2. The fourth-order valence-corrected chi connectivity index (χ4v) is 2.99. The Kier molecular flexibility index (Phi) is 7.68. The number of ether oxygens (including phenoxy) is 2. The van der Waals surface area contributed by atoms with Crippen LogP contribution in [0.4, 0.5) is 0 Å². The molecule has 33 heavy (non-hydrogen) atoms. The molecule has 1 heterocycles. The molecule has 0 fully saturated rings. The Hall–Kier alpha value is -3.85. The number of nitrogens with one attached hydrogen (secondary N) is 2. The Bertz CT molecular complexity index is 1190. The minimum absolute atomic E-state index is 0.379. The first-order valence-corrected chi connectivity index (χ1v) is 10.5. The van der Waals surface area contributed by atoms with E-state index in [2.05, 4.69) is 16.0 Å². The lowest BCUT2D eigenvalue weighted by Gasteiger charge is -2.16. The molecule has 9 nitrogen and oxygen atoms in total. The van der Waals surface area contributed by atoms with Crippen molar-refractivity contribution in [2.45, 2.75) is 26.9 Å². The van der Waals surface area contributed by atoms with Crippen LogP contribution in [0.1, 0.15) is 30.0 Å². The van der Waals surface area contributed by atoms with Gasteiger partial charge in [-0.25, -0.2) is 4.68 Å². The summed E-state index contributed by atoms with van der Waals surface area (Å²) in [7, 11) is 0. The predicted octanol–water partition coefficient (Wildman–Crippen LogP) is 2.82. The van der Waals surface area contributed by atoms with Gasteiger partial charge in [0.15, 0.2) is 11.8 Å². The summed E-state index contributed by atoms with van der Waals surface area (Å²) in [5.41, 5.74) is 4.64. The minimum Gasteiger partial charge on any atom is -0.494 e. The van der Waals surface area contributed by atoms with Crippen molar-refractivity contribution in [1.82, 2.24) is 20.6 Å². The van der Waals surface area contributed by atoms with Crippen molar-refractivity contribution in [3.8, 4) is 17.2 Å². The van der Waals surface area contributed by atoms with Gasteiger partial charge in [0.05, 0.1) is 12.3 Å². The van der Waals surface area contributed by atoms with E-state index in [0.29, 0.717) is 34.5 Å². The predicted molar refractivity (Wildman–Crippen MR) is 123 cm³/mol. The van der Waals surface area contributed by atoms with Crippen LogP contribution in [0.3, 0.4) is 0 Å². The van der Waals surface area contributed by atoms with E-state index in [4.69, 9.17) is 21.1 Å². The number of amides is 2. The lowest BCUT2D eigenvalue weighted by atomic mass is 10.2. The number of carbonyl (C=O) groups is 2. The van der Waals surface area contributed by atoms with Gasteiger partial charge in [0.25, 0.3) is 11.8 Å². The maximum atomic E-state index is 12.5. The van der Waals surface area contributed by atoms with E-state index in [1.165, 1.54) is 17.7 Å². The molecule has 0 aliphatic rings. The zero-order valence-electron chi connectivity index (χ0n) is 18.3. The molecule has 0 radical (unpaired) electrons. The van der Waals surface area contributed by atoms with Crippen molar-refractivity contribution >= 4 is 23.4 Å². The molecule has 2 aromatic carbocycles. The van der Waals surface area contributed by atoms with Crippen LogP contribution in [0, 0.1) is 6.92 Å². The van der Waals surface area contributed by atoms with Crippen LogP contribution in [0.5, 0.6) is 11.5 Å². The molecule has 10 heteroatoms. The van der Waals surface area contributed by atoms with E-state index in [1.807, 2.05) is 6.92 Å². The zero-order valence-corrected chi connectivity index (χ0v) is 19.1. The van der Waals surface area contributed by atoms with Gasteiger partial charge >= 0.3 is 0 Å². The highest BCUT2D eigenvalue weighted by molar-refractivity contribution is 6.30. The Labute approximate surface area is 195 Å². The van der Waals surface area contributed by atoms with Gasteiger partial charge in [-0.1, -0.05) is 11.6 Å². The number of halogens is 1. The Morgan fingerprint density at radius 3 is 2.33 bits per heavy atom. The fourth-order valence-electron chi connectivity index (χ4n) is 2.87. The molecule has 0 saturated heterocycles. The van der Waals surface area contributed by atoms with Gasteiger partial charge < -0.3 is 9.47 Å². The zero-order chi connectivity index (χ0) is 24.0. The molecule has 0 aliphatic carbocycles. The lowest BCUT2D eigenvalue weighted by molar-refractivity contribution is -0.128. The van der Waals surface area contributed by atoms with E-state index in [1.54, 1.807) is 55.5 Å². The monoisotopic (exact) mass is 470 g/mol. The van der Waals surface area contributed by atoms with Gasteiger partial charge in [0, 0.05) is 16.8 Å². The summed E-state index contributed by atoms with van der Waals surface area (Å²) in [6, 6.07) is 14.8. The molecule has 3 aromatic rings. The number of aromatic nitrogens is 2. The van der Waals surface area contributed by atoms with Crippen LogP contribution in [-0.2, 0) is 4.79 Å². The molecule has 1 atom stereocenters. The van der Waals surface area contributed by atoms with E-state index < -0.39 is 23.3 Å². The van der Waals surface area contributed by atoms with Crippen molar-refractivity contribution in [3.05, 3.63) is 81.2 Å². The van der Waals surface area contributed by atoms with Gasteiger partial charge in [-0.15, -0.1) is 0 Å². The van der Waals surface area contributed by atoms with Gasteiger partial charge in [-0.2, -0.15) is 5.10 Å². The summed E-state index contributed by atoms with van der Waals surface area (Å²) in [6.07, 6.45) is -0.917. The smallest absolute Gasteiger partial charge is 0.294 e. The summed E-state index contributed by atoms with van der Waals surface area (Å²) < 4.78 is 12.4. The van der Waals surface area contributed by atoms with Gasteiger partial charge in [0.2, 0.25) is 5.43 Å². The van der Waals surface area contributed by atoms with E-state index in [0.717, 1.165) is 0 Å². The molecule has 2 amide bonds. The molecule has 2 N–H and O–H groups in total. The molecule has 1 aromatic heterocycles. The van der Waals surface area contributed by atoms with Crippen LogP contribution < -0.4 is 25.8 Å². The van der Waals surface area contributed by atoms with Crippen LogP contribution in [-0.4, -0.2) is 34.3 Å². The summed E-state index contributed by atoms with van der Waals surface area (Å²) >= 11 is 5.91. The van der Waals surface area contributed by atoms with Crippen molar-refractivity contribution in [2.75, 3.05) is 6.61 Å². The van der Waals surface area contributed by atoms with Crippen LogP contribution in [0.25, 0.3) is 5.69 Å². The van der Waals surface area contributed by atoms with Gasteiger partial charge in [0.1, 0.15) is 11.5 Å². The molecule has 0 saturated carbocycles. The number of hydrazine groups is 1. The quantitative estimate of drug-likeness (QED) is 0.513. The normalized spacial score (nSPS) is 11.4. The van der Waals surface area contributed by atoms with Crippen LogP contribution in [0.15, 0.2) is 59.4 Å². The van der Waals surface area contributed by atoms with Gasteiger partial charge in [-0.05, 0) is 69.3 Å². The summed E-state index contributed by atoms with van der Waals surface area (Å²) in [5.74, 6) is -0.325. The fraction of sp³-hybridized carbons (Fsp3) is 0.217. The second-order valence-corrected chi connectivity index (χ2v) is 7.43. The molecular weight excluding hydrogens is 448 g/mol. The van der Waals surface area contributed by atoms with Crippen LogP contribution in [0.2, 0.25) is 5.02 Å². The molecular formula is C23H23ClN4O5. The Morgan fingerprint density at radius 1 is 1.06 bits per heavy atom. The highest BCUT2D eigenvalue weighted by atomic mass is 35.5. The number of hydrogen-bond acceptors (Lipinski definition) is 6. The highest BCUT2D eigenvalue weighted by Gasteiger charge is 2.19. The van der Waals surface area contributed by atoms with Crippen molar-refractivity contribution in [3.63, 3.8) is 0 Å². The first kappa shape index (κ1) is 23.8. The van der Waals surface area contributed by atoms with E-state index in [-0.39, 0.29) is 5.69 Å². The van der Waals surface area contributed by atoms with Crippen molar-refractivity contribution in [2.24, 2.45) is 0 Å². The average molecular weight is 471 g/mol. The minimum atomic E-state index is -0.917. The number of aryl methyl sites for hydroxylation is 1. The first-order chi connectivity index (χ1) is 15.8. The van der Waals surface area contributed by atoms with Crippen LogP contribution >= 0.6 is 11.6 Å². The molecule has 3 rings (SSSR count). The highest BCUT2D eigenvalue weighted by Crippen LogP contribution is 2.18. The van der Waals surface area contributed by atoms with Crippen molar-refractivity contribution < 1.29 is 19.1 Å². The number of benzene rings is 2. The maximum absolute atomic E-state index is 12.5. The van der Waals surface area contributed by atoms with Crippen molar-refractivity contribution in [1.29, 1.82) is 0 Å². The molecule has 0 bridgehead atoms.